The highest BCUT2D eigenvalue weighted by molar-refractivity contribution is 6.17. The number of aliphatic imine (C=N–C) groups is 3. The van der Waals surface area contributed by atoms with Gasteiger partial charge in [0.15, 0.2) is 5.84 Å². The van der Waals surface area contributed by atoms with E-state index in [1.54, 1.807) is 0 Å². The van der Waals surface area contributed by atoms with Crippen LogP contribution >= 0.6 is 0 Å². The molecule has 6 heteroatoms. The molecule has 3 heterocycles. The Morgan fingerprint density at radius 2 is 2.06 bits per heavy atom. The summed E-state index contributed by atoms with van der Waals surface area (Å²) >= 11 is 0. The summed E-state index contributed by atoms with van der Waals surface area (Å²) in [6.45, 7) is 1.71. The highest BCUT2D eigenvalue weighted by Crippen LogP contribution is 2.35. The Morgan fingerprint density at radius 1 is 1.17 bits per heavy atom. The second-order valence-corrected chi connectivity index (χ2v) is 5.14. The second-order valence-electron chi connectivity index (χ2n) is 5.14. The molecule has 18 heavy (non-hydrogen) atoms. The number of hydrogen-bond acceptors (Lipinski definition) is 6. The lowest BCUT2D eigenvalue weighted by Crippen LogP contribution is -2.54. The van der Waals surface area contributed by atoms with E-state index in [1.165, 1.54) is 17.7 Å². The van der Waals surface area contributed by atoms with Crippen LogP contribution in [0.2, 0.25) is 0 Å². The summed E-state index contributed by atoms with van der Waals surface area (Å²) in [7, 11) is 4.04. The molecule has 0 fully saturated rings. The lowest BCUT2D eigenvalue weighted by molar-refractivity contribution is 0.201. The van der Waals surface area contributed by atoms with Gasteiger partial charge in [0.2, 0.25) is 5.96 Å². The molecular weight excluding hydrogens is 228 g/mol. The molecule has 0 spiro atoms. The number of amidine groups is 1. The van der Waals surface area contributed by atoms with Crippen LogP contribution in [0.1, 0.15) is 19.3 Å². The van der Waals surface area contributed by atoms with Crippen molar-refractivity contribution in [3.8, 4) is 0 Å². The molecular formula is C12H16N6. The number of rotatable bonds is 0. The molecule has 94 valence electrons. The molecule has 0 saturated heterocycles. The summed E-state index contributed by atoms with van der Waals surface area (Å²) in [5.41, 5.74) is 2.53. The van der Waals surface area contributed by atoms with E-state index in [9.17, 15) is 0 Å². The summed E-state index contributed by atoms with van der Waals surface area (Å²) in [6.07, 6.45) is 3.36. The largest absolute Gasteiger partial charge is 0.347 e. The van der Waals surface area contributed by atoms with Crippen molar-refractivity contribution in [3.05, 3.63) is 11.3 Å². The van der Waals surface area contributed by atoms with Crippen LogP contribution in [0, 0.1) is 0 Å². The molecule has 4 aliphatic rings. The van der Waals surface area contributed by atoms with E-state index < -0.39 is 0 Å². The van der Waals surface area contributed by atoms with Crippen molar-refractivity contribution in [2.75, 3.05) is 27.2 Å². The van der Waals surface area contributed by atoms with Crippen LogP contribution in [0.15, 0.2) is 26.2 Å². The average molecular weight is 244 g/mol. The maximum Gasteiger partial charge on any atom is 0.254 e. The summed E-state index contributed by atoms with van der Waals surface area (Å²) < 4.78 is 0. The number of hydrogen-bond donors (Lipinski definition) is 0. The minimum Gasteiger partial charge on any atom is -0.347 e. The smallest absolute Gasteiger partial charge is 0.254 e. The Labute approximate surface area is 106 Å². The van der Waals surface area contributed by atoms with Gasteiger partial charge in [-0.25, -0.2) is 10.0 Å². The highest BCUT2D eigenvalue weighted by atomic mass is 15.8. The van der Waals surface area contributed by atoms with Gasteiger partial charge in [0.25, 0.3) is 5.96 Å². The van der Waals surface area contributed by atoms with Gasteiger partial charge in [0.05, 0.1) is 18.8 Å². The summed E-state index contributed by atoms with van der Waals surface area (Å²) in [5.74, 6) is 2.83. The van der Waals surface area contributed by atoms with Gasteiger partial charge >= 0.3 is 0 Å². The van der Waals surface area contributed by atoms with E-state index in [-0.39, 0.29) is 0 Å². The fraction of sp³-hybridized carbons (Fsp3) is 0.583. The van der Waals surface area contributed by atoms with Gasteiger partial charge in [-0.2, -0.15) is 10.0 Å². The predicted molar refractivity (Wildman–Crippen MR) is 70.3 cm³/mol. The fourth-order valence-corrected chi connectivity index (χ4v) is 2.96. The van der Waals surface area contributed by atoms with Crippen LogP contribution in [-0.4, -0.2) is 59.9 Å². The Kier molecular flexibility index (Phi) is 1.87. The number of guanidine groups is 2. The van der Waals surface area contributed by atoms with Gasteiger partial charge in [-0.3, -0.25) is 4.99 Å². The summed E-state index contributed by atoms with van der Waals surface area (Å²) in [6, 6.07) is 0. The van der Waals surface area contributed by atoms with Gasteiger partial charge in [-0.1, -0.05) is 0 Å². The molecule has 0 saturated carbocycles. The van der Waals surface area contributed by atoms with Crippen molar-refractivity contribution in [1.29, 1.82) is 0 Å². The third kappa shape index (κ3) is 1.15. The summed E-state index contributed by atoms with van der Waals surface area (Å²) in [5, 5.41) is 4.27. The Morgan fingerprint density at radius 3 is 2.89 bits per heavy atom. The molecule has 3 aliphatic heterocycles. The van der Waals surface area contributed by atoms with Crippen LogP contribution in [0.3, 0.4) is 0 Å². The first kappa shape index (κ1) is 10.1. The minimum atomic E-state index is 0.790. The lowest BCUT2D eigenvalue weighted by Gasteiger charge is -2.38. The third-order valence-corrected chi connectivity index (χ3v) is 3.73. The molecule has 0 radical (unpaired) electrons. The predicted octanol–water partition coefficient (Wildman–Crippen LogP) is 0.656. The average Bonchev–Trinajstić information content (AvgIpc) is 2.95. The molecule has 0 N–H and O–H groups in total. The number of nitrogens with zero attached hydrogens (tertiary/aromatic N) is 6. The van der Waals surface area contributed by atoms with Crippen molar-refractivity contribution >= 4 is 17.8 Å². The van der Waals surface area contributed by atoms with Gasteiger partial charge in [0, 0.05) is 19.7 Å². The Balaban J connectivity index is 1.86. The first-order chi connectivity index (χ1) is 8.75. The van der Waals surface area contributed by atoms with E-state index in [0.29, 0.717) is 0 Å². The van der Waals surface area contributed by atoms with Crippen LogP contribution in [0.5, 0.6) is 0 Å². The molecule has 1 aliphatic carbocycles. The van der Waals surface area contributed by atoms with Crippen molar-refractivity contribution < 1.29 is 0 Å². The van der Waals surface area contributed by atoms with Crippen LogP contribution in [0.4, 0.5) is 0 Å². The van der Waals surface area contributed by atoms with E-state index in [2.05, 4.69) is 15.0 Å². The third-order valence-electron chi connectivity index (χ3n) is 3.73. The zero-order valence-corrected chi connectivity index (χ0v) is 10.7. The first-order valence-electron chi connectivity index (χ1n) is 6.45. The van der Waals surface area contributed by atoms with Crippen molar-refractivity contribution in [2.45, 2.75) is 19.3 Å². The maximum absolute atomic E-state index is 4.71. The van der Waals surface area contributed by atoms with Crippen LogP contribution in [0.25, 0.3) is 0 Å². The lowest BCUT2D eigenvalue weighted by atomic mass is 10.1. The quantitative estimate of drug-likeness (QED) is 0.629. The number of fused-ring (bicyclic) bond motifs is 1. The molecule has 0 bridgehead atoms. The number of hydrazine groups is 1. The second kappa shape index (κ2) is 3.34. The zero-order valence-electron chi connectivity index (χ0n) is 10.7. The Bertz CT molecular complexity index is 539. The van der Waals surface area contributed by atoms with Crippen molar-refractivity contribution in [3.63, 3.8) is 0 Å². The topological polar surface area (TPSA) is 46.8 Å². The van der Waals surface area contributed by atoms with E-state index in [0.717, 1.165) is 43.7 Å². The van der Waals surface area contributed by atoms with E-state index >= 15 is 0 Å². The molecule has 0 aromatic carbocycles. The molecule has 0 amide bonds. The first-order valence-corrected chi connectivity index (χ1v) is 6.45. The molecule has 0 aromatic rings. The monoisotopic (exact) mass is 244 g/mol. The van der Waals surface area contributed by atoms with Crippen molar-refractivity contribution in [1.82, 2.24) is 14.9 Å². The maximum atomic E-state index is 4.71. The minimum absolute atomic E-state index is 0.790. The SMILES string of the molecule is CN(C)C1=NC2=NC3=C(CCC3)C3=NCCN1N23. The summed E-state index contributed by atoms with van der Waals surface area (Å²) in [4.78, 5) is 16.1. The molecule has 4 rings (SSSR count). The fourth-order valence-electron chi connectivity index (χ4n) is 2.96. The van der Waals surface area contributed by atoms with Crippen LogP contribution < -0.4 is 0 Å². The van der Waals surface area contributed by atoms with Gasteiger partial charge < -0.3 is 4.90 Å². The number of allylic oxidation sites excluding steroid dienone is 1. The van der Waals surface area contributed by atoms with Gasteiger partial charge in [0.1, 0.15) is 0 Å². The van der Waals surface area contributed by atoms with E-state index in [4.69, 9.17) is 9.98 Å². The standard InChI is InChI=1S/C12H16N6/c1-16(2)12-15-11-14-9-5-3-4-8(9)10-13-6-7-17(12)18(10)11/h3-7H2,1-2H3. The molecule has 0 atom stereocenters. The molecule has 0 unspecified atom stereocenters. The Hall–Kier alpha value is -1.85. The molecule has 6 nitrogen and oxygen atoms in total. The van der Waals surface area contributed by atoms with Crippen molar-refractivity contribution in [2.24, 2.45) is 15.0 Å². The normalized spacial score (nSPS) is 24.7. The molecule has 0 aromatic heterocycles. The van der Waals surface area contributed by atoms with E-state index in [1.807, 2.05) is 19.0 Å². The zero-order chi connectivity index (χ0) is 12.3. The van der Waals surface area contributed by atoms with Gasteiger partial charge in [-0.15, -0.1) is 0 Å². The highest BCUT2D eigenvalue weighted by Gasteiger charge is 2.42. The van der Waals surface area contributed by atoms with Crippen LogP contribution in [-0.2, 0) is 0 Å². The van der Waals surface area contributed by atoms with Gasteiger partial charge in [-0.05, 0) is 19.3 Å².